The van der Waals surface area contributed by atoms with Crippen LogP contribution in [0.3, 0.4) is 0 Å². The molecule has 0 aliphatic carbocycles. The van der Waals surface area contributed by atoms with E-state index in [9.17, 15) is 25.2 Å². The fourth-order valence-corrected chi connectivity index (χ4v) is 2.82. The van der Waals surface area contributed by atoms with E-state index in [0.29, 0.717) is 0 Å². The van der Waals surface area contributed by atoms with Gasteiger partial charge < -0.3 is 0 Å². The monoisotopic (exact) mass is 754 g/mol. The van der Waals surface area contributed by atoms with Gasteiger partial charge >= 0.3 is 33.0 Å². The smallest absolute Gasteiger partial charge is 0.0964 e. The van der Waals surface area contributed by atoms with Crippen molar-refractivity contribution in [2.75, 3.05) is 0 Å². The number of hydrogen-bond acceptors (Lipinski definition) is 5. The Balaban J connectivity index is 0.000000534. The molecule has 3 aromatic heterocycles. The van der Waals surface area contributed by atoms with Crippen LogP contribution >= 0.6 is 7.81 Å². The zero-order valence-corrected chi connectivity index (χ0v) is 24.6. The molecule has 0 bridgehead atoms. The molecular weight excluding hydrogens is 730 g/mol. The Labute approximate surface area is 240 Å². The Morgan fingerprint density at radius 1 is 0.550 bits per heavy atom. The molecule has 0 N–H and O–H groups in total. The Morgan fingerprint density at radius 2 is 0.925 bits per heavy atom. The van der Waals surface area contributed by atoms with Crippen molar-refractivity contribution in [2.24, 2.45) is 0 Å². The number of aromatic nitrogens is 3. The molecule has 212 valence electrons. The summed E-state index contributed by atoms with van der Waals surface area (Å²) in [6, 6.07) is 31.7. The molecule has 2 aromatic carbocycles. The number of benzene rings is 2. The molecule has 5 nitrogen and oxygen atoms in total. The van der Waals surface area contributed by atoms with Gasteiger partial charge in [-0.15, -0.1) is 0 Å². The number of nitrogens with zero attached hydrogens (tertiary/aromatic N) is 5. The second-order valence-electron chi connectivity index (χ2n) is 7.20. The molecule has 0 aliphatic rings. The minimum atomic E-state index is -10.7. The van der Waals surface area contributed by atoms with Gasteiger partial charge in [-0.3, -0.25) is 15.0 Å². The summed E-state index contributed by atoms with van der Waals surface area (Å²) in [6.07, 6.45) is 5.41. The molecule has 40 heavy (non-hydrogen) atoms. The van der Waals surface area contributed by atoms with Gasteiger partial charge in [-0.1, -0.05) is 60.7 Å². The van der Waals surface area contributed by atoms with E-state index in [2.05, 4.69) is 51.4 Å². The van der Waals surface area contributed by atoms with Crippen LogP contribution in [0.2, 0.25) is 0 Å². The van der Waals surface area contributed by atoms with Crippen molar-refractivity contribution in [3.63, 3.8) is 0 Å². The molecule has 0 saturated heterocycles. The van der Waals surface area contributed by atoms with Crippen molar-refractivity contribution in [3.8, 4) is 23.4 Å². The molecule has 5 rings (SSSR count). The van der Waals surface area contributed by atoms with Crippen molar-refractivity contribution in [3.05, 3.63) is 104 Å². The number of rotatable bonds is 1. The van der Waals surface area contributed by atoms with Crippen LogP contribution in [0.25, 0.3) is 33.1 Å². The molecule has 3 heterocycles. The number of pyridine rings is 3. The van der Waals surface area contributed by atoms with Gasteiger partial charge in [0.25, 0.3) is 0 Å². The van der Waals surface area contributed by atoms with E-state index in [4.69, 9.17) is 10.5 Å². The van der Waals surface area contributed by atoms with Crippen LogP contribution in [0, 0.1) is 22.7 Å². The average molecular weight is 753 g/mol. The molecule has 0 aliphatic heterocycles. The second-order valence-corrected chi connectivity index (χ2v) is 9.12. The van der Waals surface area contributed by atoms with Crippen LogP contribution in [0.15, 0.2) is 104 Å². The second kappa shape index (κ2) is 15.6. The quantitative estimate of drug-likeness (QED) is 0.0967. The van der Waals surface area contributed by atoms with E-state index in [0.717, 1.165) is 33.1 Å². The van der Waals surface area contributed by atoms with Crippen LogP contribution in [0.4, 0.5) is 25.2 Å². The third-order valence-corrected chi connectivity index (χ3v) is 4.08. The molecule has 0 atom stereocenters. The van der Waals surface area contributed by atoms with Crippen molar-refractivity contribution in [2.45, 2.75) is 13.8 Å². The first-order chi connectivity index (χ1) is 18.2. The van der Waals surface area contributed by atoms with Crippen LogP contribution in [0.1, 0.15) is 13.8 Å². The Morgan fingerprint density at radius 3 is 1.30 bits per heavy atom. The molecule has 0 unspecified atom stereocenters. The Hall–Kier alpha value is -3.96. The SMILES string of the molecule is CC#N.CC#N.F[P-](F)(F)(F)(F)F.[Os].c1ccc(-c2ccccn2)cc1.c1cnc2c(c1)ccc1cccnc12. The van der Waals surface area contributed by atoms with Gasteiger partial charge in [-0.25, -0.2) is 0 Å². The zero-order valence-electron chi connectivity index (χ0n) is 21.1. The van der Waals surface area contributed by atoms with Crippen molar-refractivity contribution < 1.29 is 45.0 Å². The third kappa shape index (κ3) is 16.8. The number of fused-ring (bicyclic) bond motifs is 3. The predicted octanol–water partition coefficient (Wildman–Crippen LogP) is 9.97. The van der Waals surface area contributed by atoms with E-state index in [1.165, 1.54) is 13.8 Å². The van der Waals surface area contributed by atoms with Gasteiger partial charge in [0, 0.05) is 68.6 Å². The van der Waals surface area contributed by atoms with Crippen molar-refractivity contribution >= 4 is 29.6 Å². The first kappa shape index (κ1) is 36.0. The zero-order chi connectivity index (χ0) is 29.4. The first-order valence-corrected chi connectivity index (χ1v) is 13.0. The summed E-state index contributed by atoms with van der Waals surface area (Å²) < 4.78 is 59.2. The predicted molar refractivity (Wildman–Crippen MR) is 143 cm³/mol. The maximum absolute atomic E-state index is 10.7. The summed E-state index contributed by atoms with van der Waals surface area (Å²) in [6.45, 7) is 2.86. The van der Waals surface area contributed by atoms with Gasteiger partial charge in [0.2, 0.25) is 0 Å². The fourth-order valence-electron chi connectivity index (χ4n) is 2.82. The van der Waals surface area contributed by atoms with E-state index in [1.54, 1.807) is 24.5 Å². The van der Waals surface area contributed by atoms with Gasteiger partial charge in [0.05, 0.1) is 28.9 Å². The first-order valence-electron chi connectivity index (χ1n) is 10.9. The van der Waals surface area contributed by atoms with Crippen LogP contribution in [0.5, 0.6) is 0 Å². The van der Waals surface area contributed by atoms with Gasteiger partial charge in [0.1, 0.15) is 0 Å². The topological polar surface area (TPSA) is 86.2 Å². The van der Waals surface area contributed by atoms with Crippen molar-refractivity contribution in [1.82, 2.24) is 15.0 Å². The van der Waals surface area contributed by atoms with Crippen LogP contribution in [-0.4, -0.2) is 15.0 Å². The molecule has 0 spiro atoms. The summed E-state index contributed by atoms with van der Waals surface area (Å²) in [5.41, 5.74) is 4.15. The largest absolute Gasteiger partial charge is 0.256 e. The van der Waals surface area contributed by atoms with E-state index >= 15 is 0 Å². The minimum Gasteiger partial charge on any atom is -0.256 e. The van der Waals surface area contributed by atoms with E-state index in [1.807, 2.05) is 54.7 Å². The molecule has 0 amide bonds. The number of halogens is 6. The maximum Gasteiger partial charge on any atom is 0.0964 e. The summed E-state index contributed by atoms with van der Waals surface area (Å²) in [5.74, 6) is 0. The standard InChI is InChI=1S/C12H8N2.C11H9N.2C2H3N.F6P.Os/c1-3-9-5-6-10-4-2-8-14-12(10)11(9)13-7-1;1-2-6-10(7-3-1)11-8-4-5-9-12-11;2*1-2-3;1-7(2,3,4,5)6;/h1-8H;1-9H;2*1H3;;/q;;;;-1;. The molecule has 0 fully saturated rings. The van der Waals surface area contributed by atoms with Crippen LogP contribution in [-0.2, 0) is 19.8 Å². The van der Waals surface area contributed by atoms with Crippen LogP contribution < -0.4 is 0 Å². The third-order valence-electron chi connectivity index (χ3n) is 4.08. The molecular formula is C27H23F6N5OsP-. The summed E-state index contributed by atoms with van der Waals surface area (Å²) in [4.78, 5) is 12.9. The minimum absolute atomic E-state index is 0. The number of hydrogen-bond donors (Lipinski definition) is 0. The Kier molecular flexibility index (Phi) is 14.0. The fraction of sp³-hybridized carbons (Fsp3) is 0.0741. The van der Waals surface area contributed by atoms with Gasteiger partial charge in [-0.2, -0.15) is 10.5 Å². The summed E-state index contributed by atoms with van der Waals surface area (Å²) in [5, 5.41) is 16.9. The average Bonchev–Trinajstić information content (AvgIpc) is 2.89. The summed E-state index contributed by atoms with van der Waals surface area (Å²) in [7, 11) is -10.7. The number of nitriles is 2. The summed E-state index contributed by atoms with van der Waals surface area (Å²) >= 11 is 0. The Bertz CT molecular complexity index is 1430. The van der Waals surface area contributed by atoms with E-state index < -0.39 is 7.81 Å². The van der Waals surface area contributed by atoms with Crippen molar-refractivity contribution in [1.29, 1.82) is 10.5 Å². The molecule has 5 aromatic rings. The molecule has 0 radical (unpaired) electrons. The van der Waals surface area contributed by atoms with Gasteiger partial charge in [0.15, 0.2) is 0 Å². The van der Waals surface area contributed by atoms with Gasteiger partial charge in [-0.05, 0) is 24.3 Å². The van der Waals surface area contributed by atoms with E-state index in [-0.39, 0.29) is 19.8 Å². The maximum atomic E-state index is 9.87. The normalized spacial score (nSPS) is 11.2. The molecule has 13 heteroatoms. The molecule has 0 saturated carbocycles.